The van der Waals surface area contributed by atoms with Crippen LogP contribution >= 0.6 is 0 Å². The molecule has 0 heterocycles. The van der Waals surface area contributed by atoms with Crippen LogP contribution in [0.4, 0.5) is 4.39 Å². The fraction of sp³-hybridized carbons (Fsp3) is 0.316. The molecule has 2 aromatic carbocycles. The molecule has 1 aliphatic carbocycles. The van der Waals surface area contributed by atoms with E-state index in [9.17, 15) is 17.6 Å². The van der Waals surface area contributed by atoms with E-state index < -0.39 is 15.9 Å². The predicted molar refractivity (Wildman–Crippen MR) is 98.6 cm³/mol. The highest BCUT2D eigenvalue weighted by molar-refractivity contribution is 7.89. The van der Waals surface area contributed by atoms with Crippen LogP contribution in [-0.2, 0) is 16.6 Å². The third-order valence-electron chi connectivity index (χ3n) is 4.29. The number of ether oxygens (including phenoxy) is 1. The lowest BCUT2D eigenvalue weighted by atomic mass is 10.1. The minimum Gasteiger partial charge on any atom is -0.495 e. The molecule has 2 N–H and O–H groups in total. The summed E-state index contributed by atoms with van der Waals surface area (Å²) >= 11 is 0. The smallest absolute Gasteiger partial charge is 0.251 e. The molecule has 3 rings (SSSR count). The molecule has 0 saturated heterocycles. The lowest BCUT2D eigenvalue weighted by Gasteiger charge is -2.12. The Balaban J connectivity index is 1.78. The second-order valence-corrected chi connectivity index (χ2v) is 8.21. The number of nitrogens with one attached hydrogen (secondary N) is 2. The fourth-order valence-electron chi connectivity index (χ4n) is 2.61. The molecular weight excluding hydrogens is 371 g/mol. The van der Waals surface area contributed by atoms with Gasteiger partial charge in [-0.25, -0.2) is 17.5 Å². The first-order valence-electron chi connectivity index (χ1n) is 8.54. The van der Waals surface area contributed by atoms with Gasteiger partial charge in [-0.1, -0.05) is 12.1 Å². The number of rotatable bonds is 7. The number of aryl methyl sites for hydroxylation is 1. The van der Waals surface area contributed by atoms with E-state index >= 15 is 0 Å². The van der Waals surface area contributed by atoms with Crippen molar-refractivity contribution in [3.05, 3.63) is 58.9 Å². The highest BCUT2D eigenvalue weighted by atomic mass is 32.2. The van der Waals surface area contributed by atoms with Crippen LogP contribution in [0.15, 0.2) is 41.3 Å². The average Bonchev–Trinajstić information content (AvgIpc) is 3.45. The number of methoxy groups -OCH3 is 1. The molecule has 1 fully saturated rings. The van der Waals surface area contributed by atoms with Gasteiger partial charge in [-0.15, -0.1) is 0 Å². The second-order valence-electron chi connectivity index (χ2n) is 6.53. The van der Waals surface area contributed by atoms with Gasteiger partial charge < -0.3 is 10.1 Å². The molecular formula is C19H21FN2O4S. The number of carbonyl (C=O) groups is 1. The van der Waals surface area contributed by atoms with Crippen LogP contribution in [0.3, 0.4) is 0 Å². The maximum atomic E-state index is 13.3. The van der Waals surface area contributed by atoms with Crippen LogP contribution in [0.5, 0.6) is 5.75 Å². The normalized spacial score (nSPS) is 14.0. The van der Waals surface area contributed by atoms with Crippen molar-refractivity contribution in [2.24, 2.45) is 0 Å². The molecule has 8 heteroatoms. The summed E-state index contributed by atoms with van der Waals surface area (Å²) < 4.78 is 46.1. The Bertz CT molecular complexity index is 972. The number of hydrogen-bond acceptors (Lipinski definition) is 4. The number of benzene rings is 2. The Morgan fingerprint density at radius 1 is 1.22 bits per heavy atom. The van der Waals surface area contributed by atoms with Gasteiger partial charge >= 0.3 is 0 Å². The lowest BCUT2D eigenvalue weighted by molar-refractivity contribution is 0.0950. The number of carbonyl (C=O) groups excluding carboxylic acids is 1. The molecule has 0 aromatic heterocycles. The monoisotopic (exact) mass is 392 g/mol. The van der Waals surface area contributed by atoms with Crippen molar-refractivity contribution in [2.75, 3.05) is 7.11 Å². The van der Waals surface area contributed by atoms with E-state index in [0.29, 0.717) is 5.56 Å². The highest BCUT2D eigenvalue weighted by Gasteiger charge is 2.30. The molecule has 2 aromatic rings. The van der Waals surface area contributed by atoms with Crippen LogP contribution in [0.2, 0.25) is 0 Å². The van der Waals surface area contributed by atoms with E-state index in [1.54, 1.807) is 19.1 Å². The molecule has 144 valence electrons. The van der Waals surface area contributed by atoms with Crippen molar-refractivity contribution in [2.45, 2.75) is 37.2 Å². The Morgan fingerprint density at radius 2 is 1.96 bits per heavy atom. The van der Waals surface area contributed by atoms with Gasteiger partial charge in [-0.05, 0) is 55.2 Å². The van der Waals surface area contributed by atoms with Crippen molar-refractivity contribution < 1.29 is 22.3 Å². The summed E-state index contributed by atoms with van der Waals surface area (Å²) in [5, 5.41) is 2.71. The Morgan fingerprint density at radius 3 is 2.59 bits per heavy atom. The topological polar surface area (TPSA) is 84.5 Å². The number of hydrogen-bond donors (Lipinski definition) is 2. The van der Waals surface area contributed by atoms with Gasteiger partial charge in [0, 0.05) is 18.2 Å². The van der Waals surface area contributed by atoms with Crippen LogP contribution in [0.25, 0.3) is 0 Å². The Labute approximate surface area is 157 Å². The molecule has 0 aliphatic heterocycles. The van der Waals surface area contributed by atoms with Gasteiger partial charge in [-0.3, -0.25) is 4.79 Å². The van der Waals surface area contributed by atoms with Crippen LogP contribution in [-0.4, -0.2) is 27.5 Å². The van der Waals surface area contributed by atoms with Crippen molar-refractivity contribution in [1.82, 2.24) is 10.0 Å². The number of amides is 1. The first-order valence-corrected chi connectivity index (χ1v) is 10.0. The predicted octanol–water partition coefficient (Wildman–Crippen LogP) is 2.51. The van der Waals surface area contributed by atoms with Crippen LogP contribution < -0.4 is 14.8 Å². The molecule has 0 bridgehead atoms. The molecule has 0 unspecified atom stereocenters. The SMILES string of the molecule is COc1ccc(C(=O)NCc2ccc(F)c(C)c2)cc1S(=O)(=O)NC1CC1. The van der Waals surface area contributed by atoms with E-state index in [-0.39, 0.29) is 34.6 Å². The standard InChI is InChI=1S/C19H21FN2O4S/c1-12-9-13(3-7-16(12)20)11-21-19(23)14-4-8-17(26-2)18(10-14)27(24,25)22-15-5-6-15/h3-4,7-10,15,22H,5-6,11H2,1-2H3,(H,21,23). The van der Waals surface area contributed by atoms with E-state index in [0.717, 1.165) is 18.4 Å². The molecule has 0 atom stereocenters. The first kappa shape index (κ1) is 19.3. The summed E-state index contributed by atoms with van der Waals surface area (Å²) in [6, 6.07) is 8.79. The maximum absolute atomic E-state index is 13.3. The zero-order chi connectivity index (χ0) is 19.6. The number of sulfonamides is 1. The average molecular weight is 392 g/mol. The van der Waals surface area contributed by atoms with Crippen LogP contribution in [0.1, 0.15) is 34.3 Å². The minimum absolute atomic E-state index is 0.0566. The molecule has 1 saturated carbocycles. The highest BCUT2D eigenvalue weighted by Crippen LogP contribution is 2.28. The van der Waals surface area contributed by atoms with Crippen LogP contribution in [0, 0.1) is 12.7 Å². The van der Waals surface area contributed by atoms with E-state index in [4.69, 9.17) is 4.74 Å². The first-order chi connectivity index (χ1) is 12.8. The molecule has 1 amide bonds. The molecule has 27 heavy (non-hydrogen) atoms. The second kappa shape index (κ2) is 7.66. The van der Waals surface area contributed by atoms with Gasteiger partial charge in [0.2, 0.25) is 10.0 Å². The van der Waals surface area contributed by atoms with Gasteiger partial charge in [0.05, 0.1) is 7.11 Å². The molecule has 0 radical (unpaired) electrons. The zero-order valence-corrected chi connectivity index (χ0v) is 15.9. The summed E-state index contributed by atoms with van der Waals surface area (Å²) in [4.78, 5) is 12.4. The molecule has 6 nitrogen and oxygen atoms in total. The molecule has 0 spiro atoms. The summed E-state index contributed by atoms with van der Waals surface area (Å²) in [6.45, 7) is 1.85. The Hall–Kier alpha value is -2.45. The third kappa shape index (κ3) is 4.64. The zero-order valence-electron chi connectivity index (χ0n) is 15.1. The van der Waals surface area contributed by atoms with E-state index in [1.807, 2.05) is 0 Å². The van der Waals surface area contributed by atoms with Gasteiger partial charge in [0.25, 0.3) is 5.91 Å². The summed E-state index contributed by atoms with van der Waals surface area (Å²) in [7, 11) is -2.39. The number of halogens is 1. The van der Waals surface area contributed by atoms with E-state index in [1.165, 1.54) is 31.4 Å². The Kier molecular flexibility index (Phi) is 5.48. The largest absolute Gasteiger partial charge is 0.495 e. The van der Waals surface area contributed by atoms with Crippen molar-refractivity contribution in [1.29, 1.82) is 0 Å². The van der Waals surface area contributed by atoms with E-state index in [2.05, 4.69) is 10.0 Å². The van der Waals surface area contributed by atoms with Crippen molar-refractivity contribution >= 4 is 15.9 Å². The summed E-state index contributed by atoms with van der Waals surface area (Å²) in [5.74, 6) is -0.561. The summed E-state index contributed by atoms with van der Waals surface area (Å²) in [6.07, 6.45) is 1.61. The van der Waals surface area contributed by atoms with Crippen molar-refractivity contribution in [3.8, 4) is 5.75 Å². The maximum Gasteiger partial charge on any atom is 0.251 e. The fourth-order valence-corrected chi connectivity index (χ4v) is 4.11. The quantitative estimate of drug-likeness (QED) is 0.758. The molecule has 1 aliphatic rings. The van der Waals surface area contributed by atoms with Gasteiger partial charge in [0.1, 0.15) is 16.5 Å². The lowest BCUT2D eigenvalue weighted by Crippen LogP contribution is -2.27. The van der Waals surface area contributed by atoms with Crippen molar-refractivity contribution in [3.63, 3.8) is 0 Å². The van der Waals surface area contributed by atoms with Gasteiger partial charge in [0.15, 0.2) is 0 Å². The summed E-state index contributed by atoms with van der Waals surface area (Å²) in [5.41, 5.74) is 1.44. The minimum atomic E-state index is -3.77. The third-order valence-corrected chi connectivity index (χ3v) is 5.83. The van der Waals surface area contributed by atoms with Gasteiger partial charge in [-0.2, -0.15) is 0 Å².